The van der Waals surface area contributed by atoms with Crippen molar-refractivity contribution < 1.29 is 68.2 Å². The molecule has 1 saturated carbocycles. The lowest BCUT2D eigenvalue weighted by Gasteiger charge is -2.41. The molecule has 14 nitrogen and oxygen atoms in total. The Morgan fingerprint density at radius 2 is 0.939 bits per heavy atom. The Hall–Kier alpha value is -3.27. The van der Waals surface area contributed by atoms with Crippen molar-refractivity contribution in [2.75, 3.05) is 13.2 Å². The van der Waals surface area contributed by atoms with Crippen LogP contribution >= 0.6 is 7.82 Å². The number of ether oxygens (including phenoxy) is 2. The van der Waals surface area contributed by atoms with Crippen LogP contribution in [0.1, 0.15) is 149 Å². The van der Waals surface area contributed by atoms with Crippen molar-refractivity contribution in [2.24, 2.45) is 0 Å². The van der Waals surface area contributed by atoms with E-state index in [0.29, 0.717) is 19.3 Å². The highest BCUT2D eigenvalue weighted by Gasteiger charge is 2.51. The average Bonchev–Trinajstić information content (AvgIpc) is 3.29. The molecule has 0 spiro atoms. The van der Waals surface area contributed by atoms with Crippen LogP contribution in [0.25, 0.3) is 0 Å². The van der Waals surface area contributed by atoms with Crippen molar-refractivity contribution in [1.82, 2.24) is 0 Å². The van der Waals surface area contributed by atoms with E-state index in [2.05, 4.69) is 92.0 Å². The van der Waals surface area contributed by atoms with Gasteiger partial charge < -0.3 is 45.0 Å². The quantitative estimate of drug-likeness (QED) is 0.0133. The number of unbranched alkanes of at least 4 members (excludes halogenated alkanes) is 8. The van der Waals surface area contributed by atoms with Crippen molar-refractivity contribution in [3.63, 3.8) is 0 Å². The molecule has 0 aromatic rings. The van der Waals surface area contributed by atoms with E-state index in [9.17, 15) is 49.7 Å². The van der Waals surface area contributed by atoms with Crippen molar-refractivity contribution >= 4 is 19.8 Å². The summed E-state index contributed by atoms with van der Waals surface area (Å²) in [6.07, 6.45) is 37.3. The Morgan fingerprint density at radius 1 is 0.530 bits per heavy atom. The molecule has 66 heavy (non-hydrogen) atoms. The predicted octanol–water partition coefficient (Wildman–Crippen LogP) is 8.80. The first-order valence-electron chi connectivity index (χ1n) is 24.1. The number of allylic oxidation sites excluding steroid dienone is 16. The van der Waals surface area contributed by atoms with Gasteiger partial charge in [-0.2, -0.15) is 0 Å². The molecular formula is C51H83O14P. The molecule has 0 aliphatic heterocycles. The van der Waals surface area contributed by atoms with Gasteiger partial charge in [-0.1, -0.05) is 123 Å². The number of hydrogen-bond acceptors (Lipinski definition) is 13. The Bertz CT molecular complexity index is 1530. The Labute approximate surface area is 394 Å². The van der Waals surface area contributed by atoms with Gasteiger partial charge in [0.2, 0.25) is 0 Å². The van der Waals surface area contributed by atoms with E-state index in [1.165, 1.54) is 19.3 Å². The van der Waals surface area contributed by atoms with Crippen LogP contribution in [0, 0.1) is 0 Å². The standard InChI is InChI=1S/C51H83O14P/c1-3-4-5-6-7-8-9-10-11-12-13-14-17-21-24-27-30-33-36-39-45(54)64-43(41-63-66(60,61)65-51-49(58)47(56)46(55)48(57)50(51)59)40-62-44(53)38-35-32-29-26-23-20-18-15-16-19-22-25-28-31-34-37-42(2)52/h7-8,10-11,13-14,16,18-21,24-26,28-29,42-43,46-52,55-59H,3-6,9,12,15,17,22-23,27,30-41H2,1-2H3,(H,60,61)/b8-7-,11-10-,14-13-,19-16-,20-18-,24-21-,28-25-,29-26-/t42-,43-,46?,47-,48+,49-,50-,51?/m1/s1. The fourth-order valence-electron chi connectivity index (χ4n) is 6.52. The molecule has 0 heterocycles. The Balaban J connectivity index is 2.52. The molecule has 0 aromatic heterocycles. The first kappa shape index (κ1) is 60.7. The number of aliphatic hydroxyl groups excluding tert-OH is 6. The number of esters is 2. The largest absolute Gasteiger partial charge is 0.472 e. The third-order valence-corrected chi connectivity index (χ3v) is 11.4. The van der Waals surface area contributed by atoms with Crippen LogP contribution in [0.5, 0.6) is 0 Å². The number of phosphoric ester groups is 1. The SMILES string of the molecule is CCCCC/C=C\C/C=C\C/C=C\C/C=C\CCCCCC(=O)O[C@H](COC(=O)CCC/C=C\C/C=C\C/C=C\C/C=C\CCC[C@@H](C)O)COP(=O)(O)OC1[C@H](O)[C@H](O)C(O)[C@H](O)[C@H]1O. The fourth-order valence-corrected chi connectivity index (χ4v) is 7.49. The molecule has 0 aromatic carbocycles. The van der Waals surface area contributed by atoms with Gasteiger partial charge in [-0.25, -0.2) is 4.57 Å². The van der Waals surface area contributed by atoms with Gasteiger partial charge in [0, 0.05) is 12.8 Å². The smallest absolute Gasteiger partial charge is 0.462 e. The van der Waals surface area contributed by atoms with Gasteiger partial charge in [-0.3, -0.25) is 18.6 Å². The zero-order valence-electron chi connectivity index (χ0n) is 39.6. The van der Waals surface area contributed by atoms with E-state index in [4.69, 9.17) is 18.5 Å². The summed E-state index contributed by atoms with van der Waals surface area (Å²) in [7, 11) is -5.16. The summed E-state index contributed by atoms with van der Waals surface area (Å²) in [5.74, 6) is -1.23. The monoisotopic (exact) mass is 951 g/mol. The lowest BCUT2D eigenvalue weighted by molar-refractivity contribution is -0.220. The minimum Gasteiger partial charge on any atom is -0.462 e. The molecule has 0 amide bonds. The summed E-state index contributed by atoms with van der Waals surface area (Å²) in [6, 6.07) is 0. The van der Waals surface area contributed by atoms with Crippen LogP contribution < -0.4 is 0 Å². The van der Waals surface area contributed by atoms with E-state index < -0.39 is 75.7 Å². The zero-order chi connectivity index (χ0) is 48.7. The lowest BCUT2D eigenvalue weighted by Crippen LogP contribution is -2.64. The van der Waals surface area contributed by atoms with Crippen LogP contribution in [-0.4, -0.2) is 110 Å². The van der Waals surface area contributed by atoms with Gasteiger partial charge in [-0.15, -0.1) is 0 Å². The van der Waals surface area contributed by atoms with Crippen LogP contribution in [-0.2, 0) is 32.7 Å². The molecule has 7 N–H and O–H groups in total. The predicted molar refractivity (Wildman–Crippen MR) is 259 cm³/mol. The van der Waals surface area contributed by atoms with Gasteiger partial charge in [0.25, 0.3) is 0 Å². The van der Waals surface area contributed by atoms with Gasteiger partial charge in [0.15, 0.2) is 6.10 Å². The lowest BCUT2D eigenvalue weighted by atomic mass is 9.85. The minimum absolute atomic E-state index is 0.0353. The molecule has 0 saturated heterocycles. The van der Waals surface area contributed by atoms with Crippen molar-refractivity contribution in [2.45, 2.75) is 198 Å². The number of aliphatic hydroxyl groups is 6. The second kappa shape index (κ2) is 39.7. The first-order valence-corrected chi connectivity index (χ1v) is 25.6. The molecule has 1 aliphatic rings. The second-order valence-electron chi connectivity index (χ2n) is 16.5. The molecule has 15 heteroatoms. The molecule has 1 fully saturated rings. The molecule has 0 bridgehead atoms. The maximum absolute atomic E-state index is 12.8. The van der Waals surface area contributed by atoms with E-state index in [1.54, 1.807) is 6.92 Å². The average molecular weight is 951 g/mol. The van der Waals surface area contributed by atoms with Crippen LogP contribution in [0.15, 0.2) is 97.2 Å². The summed E-state index contributed by atoms with van der Waals surface area (Å²) >= 11 is 0. The van der Waals surface area contributed by atoms with Gasteiger partial charge >= 0.3 is 19.8 Å². The van der Waals surface area contributed by atoms with Gasteiger partial charge in [0.1, 0.15) is 43.2 Å². The van der Waals surface area contributed by atoms with Crippen molar-refractivity contribution in [3.05, 3.63) is 97.2 Å². The summed E-state index contributed by atoms with van der Waals surface area (Å²) in [5.41, 5.74) is 0. The number of phosphoric acid groups is 1. The van der Waals surface area contributed by atoms with Crippen molar-refractivity contribution in [1.29, 1.82) is 0 Å². The second-order valence-corrected chi connectivity index (χ2v) is 17.9. The van der Waals surface area contributed by atoms with Crippen LogP contribution in [0.2, 0.25) is 0 Å². The number of rotatable bonds is 38. The van der Waals surface area contributed by atoms with Crippen LogP contribution in [0.4, 0.5) is 0 Å². The maximum Gasteiger partial charge on any atom is 0.472 e. The molecular weight excluding hydrogens is 868 g/mol. The third kappa shape index (κ3) is 32.4. The number of carbonyl (C=O) groups is 2. The topological polar surface area (TPSA) is 230 Å². The van der Waals surface area contributed by atoms with E-state index in [0.717, 1.165) is 83.5 Å². The minimum atomic E-state index is -5.16. The van der Waals surface area contributed by atoms with Crippen LogP contribution in [0.3, 0.4) is 0 Å². The van der Waals surface area contributed by atoms with E-state index >= 15 is 0 Å². The Morgan fingerprint density at radius 3 is 1.41 bits per heavy atom. The highest BCUT2D eigenvalue weighted by molar-refractivity contribution is 7.47. The summed E-state index contributed by atoms with van der Waals surface area (Å²) in [4.78, 5) is 35.7. The van der Waals surface area contributed by atoms with E-state index in [-0.39, 0.29) is 18.9 Å². The first-order chi connectivity index (χ1) is 31.8. The zero-order valence-corrected chi connectivity index (χ0v) is 40.4. The Kier molecular flexibility index (Phi) is 36.5. The molecule has 376 valence electrons. The molecule has 9 atom stereocenters. The summed E-state index contributed by atoms with van der Waals surface area (Å²) in [6.45, 7) is 2.74. The number of hydrogen-bond donors (Lipinski definition) is 7. The molecule has 1 aliphatic carbocycles. The molecule has 3 unspecified atom stereocenters. The fraction of sp³-hybridized carbons (Fsp3) is 0.647. The highest BCUT2D eigenvalue weighted by atomic mass is 31.2. The maximum atomic E-state index is 12.8. The van der Waals surface area contributed by atoms with Gasteiger partial charge in [0.05, 0.1) is 12.7 Å². The third-order valence-electron chi connectivity index (χ3n) is 10.4. The normalized spacial score (nSPS) is 22.6. The summed E-state index contributed by atoms with van der Waals surface area (Å²) in [5, 5.41) is 59.5. The molecule has 1 rings (SSSR count). The van der Waals surface area contributed by atoms with Gasteiger partial charge in [-0.05, 0) is 110 Å². The number of carbonyl (C=O) groups excluding carboxylic acids is 2. The van der Waals surface area contributed by atoms with Crippen molar-refractivity contribution in [3.8, 4) is 0 Å². The van der Waals surface area contributed by atoms with E-state index in [1.807, 2.05) is 12.2 Å². The highest BCUT2D eigenvalue weighted by Crippen LogP contribution is 2.47. The molecule has 0 radical (unpaired) electrons. The summed E-state index contributed by atoms with van der Waals surface area (Å²) < 4.78 is 33.5.